The zero-order chi connectivity index (χ0) is 18.9. The highest BCUT2D eigenvalue weighted by Crippen LogP contribution is 2.26. The van der Waals surface area contributed by atoms with E-state index in [9.17, 15) is 4.79 Å². The average molecular weight is 374 g/mol. The van der Waals surface area contributed by atoms with Crippen LogP contribution in [0.5, 0.6) is 0 Å². The number of para-hydroxylation sites is 1. The van der Waals surface area contributed by atoms with Crippen molar-refractivity contribution in [3.05, 3.63) is 65.9 Å². The number of nitrogens with one attached hydrogen (secondary N) is 1. The van der Waals surface area contributed by atoms with Gasteiger partial charge in [-0.2, -0.15) is 5.10 Å². The van der Waals surface area contributed by atoms with Gasteiger partial charge in [0.25, 0.3) is 0 Å². The first-order valence-corrected chi connectivity index (χ1v) is 10.3. The van der Waals surface area contributed by atoms with E-state index in [-0.39, 0.29) is 11.8 Å². The number of hydrogen-bond donors (Lipinski definition) is 1. The second-order valence-electron chi connectivity index (χ2n) is 7.96. The van der Waals surface area contributed by atoms with Gasteiger partial charge in [0.05, 0.1) is 24.3 Å². The maximum absolute atomic E-state index is 13.1. The molecule has 2 atom stereocenters. The van der Waals surface area contributed by atoms with Crippen LogP contribution in [0.1, 0.15) is 35.2 Å². The Kier molecular flexibility index (Phi) is 4.71. The summed E-state index contributed by atoms with van der Waals surface area (Å²) in [5, 5.41) is 9.08. The Labute approximate surface area is 165 Å². The minimum atomic E-state index is 0.0470. The Balaban J connectivity index is 1.31. The van der Waals surface area contributed by atoms with Crippen molar-refractivity contribution in [1.29, 1.82) is 0 Å². The lowest BCUT2D eigenvalue weighted by Gasteiger charge is -2.29. The van der Waals surface area contributed by atoms with Gasteiger partial charge in [0.1, 0.15) is 0 Å². The standard InChI is InChI=1S/C23H26N4O/c28-23(22-6-3-13-26(22)20-11-12-24-15-20)18-9-7-17(8-10-18)16-27-21-5-2-1-4-19(21)14-25-27/h1-2,4-5,7-10,14,20,22,24H,3,6,11-13,15-16H2/t20-,22?/m0/s1. The van der Waals surface area contributed by atoms with Crippen molar-refractivity contribution in [3.63, 3.8) is 0 Å². The Morgan fingerprint density at radius 3 is 2.79 bits per heavy atom. The molecule has 0 amide bonds. The minimum absolute atomic E-state index is 0.0470. The Hall–Kier alpha value is -2.50. The Bertz CT molecular complexity index is 972. The molecule has 0 saturated carbocycles. The average Bonchev–Trinajstić information content (AvgIpc) is 3.49. The second kappa shape index (κ2) is 7.49. The molecule has 0 aliphatic carbocycles. The van der Waals surface area contributed by atoms with E-state index in [0.29, 0.717) is 12.6 Å². The molecule has 144 valence electrons. The van der Waals surface area contributed by atoms with Gasteiger partial charge in [-0.15, -0.1) is 0 Å². The molecule has 1 unspecified atom stereocenters. The number of Topliss-reactive ketones (excluding diaryl/α,β-unsaturated/α-hetero) is 1. The lowest BCUT2D eigenvalue weighted by Crippen LogP contribution is -2.44. The summed E-state index contributed by atoms with van der Waals surface area (Å²) in [6.45, 7) is 3.85. The van der Waals surface area contributed by atoms with Crippen molar-refractivity contribution in [2.45, 2.75) is 37.9 Å². The molecular weight excluding hydrogens is 348 g/mol. The third-order valence-electron chi connectivity index (χ3n) is 6.22. The summed E-state index contributed by atoms with van der Waals surface area (Å²) in [4.78, 5) is 15.6. The van der Waals surface area contributed by atoms with E-state index >= 15 is 0 Å². The van der Waals surface area contributed by atoms with E-state index in [0.717, 1.165) is 60.9 Å². The first-order chi connectivity index (χ1) is 13.8. The summed E-state index contributed by atoms with van der Waals surface area (Å²) in [5.74, 6) is 0.278. The number of rotatable bonds is 5. The SMILES string of the molecule is O=C(c1ccc(Cn2ncc3ccccc32)cc1)C1CCCN1[C@H]1CCNC1. The van der Waals surface area contributed by atoms with Gasteiger partial charge in [-0.3, -0.25) is 14.4 Å². The predicted molar refractivity (Wildman–Crippen MR) is 111 cm³/mol. The van der Waals surface area contributed by atoms with Crippen LogP contribution < -0.4 is 5.32 Å². The molecule has 1 N–H and O–H groups in total. The topological polar surface area (TPSA) is 50.2 Å². The third kappa shape index (κ3) is 3.25. The molecule has 2 aliphatic rings. The van der Waals surface area contributed by atoms with Crippen molar-refractivity contribution in [3.8, 4) is 0 Å². The Morgan fingerprint density at radius 1 is 1.11 bits per heavy atom. The van der Waals surface area contributed by atoms with Gasteiger partial charge in [0.2, 0.25) is 0 Å². The van der Waals surface area contributed by atoms with Crippen molar-refractivity contribution in [2.75, 3.05) is 19.6 Å². The van der Waals surface area contributed by atoms with E-state index in [4.69, 9.17) is 0 Å². The van der Waals surface area contributed by atoms with Gasteiger partial charge in [-0.05, 0) is 44.0 Å². The van der Waals surface area contributed by atoms with Gasteiger partial charge < -0.3 is 5.32 Å². The molecule has 2 fully saturated rings. The molecular formula is C23H26N4O. The van der Waals surface area contributed by atoms with E-state index in [1.165, 1.54) is 0 Å². The molecule has 5 rings (SSSR count). The molecule has 28 heavy (non-hydrogen) atoms. The number of carbonyl (C=O) groups is 1. The number of benzene rings is 2. The fourth-order valence-corrected chi connectivity index (χ4v) is 4.72. The van der Waals surface area contributed by atoms with Crippen LogP contribution in [0.3, 0.4) is 0 Å². The van der Waals surface area contributed by atoms with Crippen molar-refractivity contribution in [2.24, 2.45) is 0 Å². The number of ketones is 1. The molecule has 3 heterocycles. The fourth-order valence-electron chi connectivity index (χ4n) is 4.72. The van der Waals surface area contributed by atoms with Crippen LogP contribution in [0, 0.1) is 0 Å². The molecule has 0 radical (unpaired) electrons. The van der Waals surface area contributed by atoms with Crippen molar-refractivity contribution < 1.29 is 4.79 Å². The fraction of sp³-hybridized carbons (Fsp3) is 0.391. The van der Waals surface area contributed by atoms with Crippen LogP contribution in [-0.4, -0.2) is 52.2 Å². The molecule has 2 aliphatic heterocycles. The van der Waals surface area contributed by atoms with Gasteiger partial charge in [-0.25, -0.2) is 0 Å². The number of hydrogen-bond acceptors (Lipinski definition) is 4. The lowest BCUT2D eigenvalue weighted by molar-refractivity contribution is 0.0826. The highest BCUT2D eigenvalue weighted by Gasteiger charge is 2.36. The summed E-state index contributed by atoms with van der Waals surface area (Å²) in [7, 11) is 0. The van der Waals surface area contributed by atoms with Gasteiger partial charge >= 0.3 is 0 Å². The van der Waals surface area contributed by atoms with Crippen LogP contribution in [0.4, 0.5) is 0 Å². The summed E-state index contributed by atoms with van der Waals surface area (Å²) in [5.41, 5.74) is 3.13. The smallest absolute Gasteiger partial charge is 0.179 e. The zero-order valence-electron chi connectivity index (χ0n) is 16.1. The van der Waals surface area contributed by atoms with Crippen LogP contribution in [0.25, 0.3) is 10.9 Å². The van der Waals surface area contributed by atoms with Gasteiger partial charge in [0, 0.05) is 23.5 Å². The van der Waals surface area contributed by atoms with Crippen LogP contribution in [-0.2, 0) is 6.54 Å². The normalized spacial score (nSPS) is 22.9. The summed E-state index contributed by atoms with van der Waals surface area (Å²) < 4.78 is 2.01. The highest BCUT2D eigenvalue weighted by molar-refractivity contribution is 6.00. The van der Waals surface area contributed by atoms with Crippen LogP contribution in [0.2, 0.25) is 0 Å². The number of aromatic nitrogens is 2. The predicted octanol–water partition coefficient (Wildman–Crippen LogP) is 3.09. The summed E-state index contributed by atoms with van der Waals surface area (Å²) in [6, 6.07) is 16.9. The maximum Gasteiger partial charge on any atom is 0.179 e. The Morgan fingerprint density at radius 2 is 1.96 bits per heavy atom. The van der Waals surface area contributed by atoms with Gasteiger partial charge in [0.15, 0.2) is 5.78 Å². The number of carbonyl (C=O) groups excluding carboxylic acids is 1. The van der Waals surface area contributed by atoms with Crippen molar-refractivity contribution in [1.82, 2.24) is 20.0 Å². The van der Waals surface area contributed by atoms with E-state index < -0.39 is 0 Å². The minimum Gasteiger partial charge on any atom is -0.315 e. The lowest BCUT2D eigenvalue weighted by atomic mass is 10.00. The monoisotopic (exact) mass is 374 g/mol. The summed E-state index contributed by atoms with van der Waals surface area (Å²) >= 11 is 0. The molecule has 1 aromatic heterocycles. The quantitative estimate of drug-likeness (QED) is 0.698. The molecule has 3 aromatic rings. The maximum atomic E-state index is 13.1. The first-order valence-electron chi connectivity index (χ1n) is 10.3. The number of nitrogens with zero attached hydrogens (tertiary/aromatic N) is 3. The molecule has 5 nitrogen and oxygen atoms in total. The largest absolute Gasteiger partial charge is 0.315 e. The molecule has 2 saturated heterocycles. The first kappa shape index (κ1) is 17.6. The zero-order valence-corrected chi connectivity index (χ0v) is 16.1. The second-order valence-corrected chi connectivity index (χ2v) is 7.96. The molecule has 2 aromatic carbocycles. The summed E-state index contributed by atoms with van der Waals surface area (Å²) in [6.07, 6.45) is 5.16. The molecule has 5 heteroatoms. The molecule has 0 bridgehead atoms. The van der Waals surface area contributed by atoms with Crippen LogP contribution >= 0.6 is 0 Å². The molecule has 0 spiro atoms. The third-order valence-corrected chi connectivity index (χ3v) is 6.22. The van der Waals surface area contributed by atoms with E-state index in [1.54, 1.807) is 0 Å². The van der Waals surface area contributed by atoms with Crippen molar-refractivity contribution >= 4 is 16.7 Å². The number of likely N-dealkylation sites (tertiary alicyclic amines) is 1. The number of fused-ring (bicyclic) bond motifs is 1. The van der Waals surface area contributed by atoms with E-state index in [2.05, 4.69) is 39.6 Å². The van der Waals surface area contributed by atoms with Gasteiger partial charge in [-0.1, -0.05) is 42.5 Å². The van der Waals surface area contributed by atoms with E-state index in [1.807, 2.05) is 35.1 Å². The highest BCUT2D eigenvalue weighted by atomic mass is 16.1. The van der Waals surface area contributed by atoms with Crippen LogP contribution in [0.15, 0.2) is 54.7 Å².